The van der Waals surface area contributed by atoms with E-state index in [1.165, 1.54) is 64.2 Å². The van der Waals surface area contributed by atoms with E-state index >= 15 is 0 Å². The molecule has 0 aliphatic carbocycles. The summed E-state index contributed by atoms with van der Waals surface area (Å²) in [6, 6.07) is 0. The van der Waals surface area contributed by atoms with Crippen molar-refractivity contribution in [2.45, 2.75) is 77.6 Å². The first-order chi connectivity index (χ1) is 8.65. The SMILES string of the molecule is CCCCCCCCCCCCCO.O=C(O)O. The molecule has 0 unspecified atom stereocenters. The van der Waals surface area contributed by atoms with E-state index in [1.54, 1.807) is 0 Å². The lowest BCUT2D eigenvalue weighted by Gasteiger charge is -2.01. The summed E-state index contributed by atoms with van der Waals surface area (Å²) in [5.41, 5.74) is 0. The molecule has 4 nitrogen and oxygen atoms in total. The van der Waals surface area contributed by atoms with Crippen molar-refractivity contribution in [1.29, 1.82) is 0 Å². The highest BCUT2D eigenvalue weighted by Crippen LogP contribution is 2.10. The number of unbranched alkanes of at least 4 members (excludes halogenated alkanes) is 10. The van der Waals surface area contributed by atoms with E-state index in [0.717, 1.165) is 6.42 Å². The molecule has 0 saturated heterocycles. The first-order valence-electron chi connectivity index (χ1n) is 7.17. The zero-order chi connectivity index (χ0) is 14.1. The Labute approximate surface area is 111 Å². The Kier molecular flexibility index (Phi) is 20.2. The minimum absolute atomic E-state index is 0.372. The van der Waals surface area contributed by atoms with Crippen LogP contribution < -0.4 is 0 Å². The van der Waals surface area contributed by atoms with Crippen molar-refractivity contribution in [3.05, 3.63) is 0 Å². The van der Waals surface area contributed by atoms with Crippen molar-refractivity contribution in [2.75, 3.05) is 6.61 Å². The van der Waals surface area contributed by atoms with E-state index in [9.17, 15) is 0 Å². The van der Waals surface area contributed by atoms with E-state index in [-0.39, 0.29) is 0 Å². The van der Waals surface area contributed by atoms with Crippen molar-refractivity contribution >= 4 is 6.16 Å². The summed E-state index contributed by atoms with van der Waals surface area (Å²) in [7, 11) is 0. The highest BCUT2D eigenvalue weighted by atomic mass is 16.6. The molecule has 110 valence electrons. The van der Waals surface area contributed by atoms with Crippen LogP contribution in [0, 0.1) is 0 Å². The molecule has 0 amide bonds. The number of rotatable bonds is 11. The molecule has 0 spiro atoms. The first-order valence-corrected chi connectivity index (χ1v) is 7.17. The number of aliphatic hydroxyl groups is 1. The average molecular weight is 262 g/mol. The maximum Gasteiger partial charge on any atom is 0.503 e. The van der Waals surface area contributed by atoms with Crippen LogP contribution in [0.3, 0.4) is 0 Å². The van der Waals surface area contributed by atoms with E-state index in [2.05, 4.69) is 6.92 Å². The number of carbonyl (C=O) groups is 1. The molecular formula is C14H30O4. The summed E-state index contributed by atoms with van der Waals surface area (Å²) in [5.74, 6) is 0. The molecule has 4 heteroatoms. The number of hydrogen-bond acceptors (Lipinski definition) is 2. The molecule has 0 radical (unpaired) electrons. The fourth-order valence-electron chi connectivity index (χ4n) is 1.78. The molecule has 18 heavy (non-hydrogen) atoms. The Morgan fingerprint density at radius 3 is 1.28 bits per heavy atom. The Bertz CT molecular complexity index is 144. The van der Waals surface area contributed by atoms with E-state index in [4.69, 9.17) is 20.1 Å². The second-order valence-electron chi connectivity index (χ2n) is 4.54. The highest BCUT2D eigenvalue weighted by molar-refractivity contribution is 5.53. The van der Waals surface area contributed by atoms with Crippen molar-refractivity contribution < 1.29 is 20.1 Å². The molecule has 0 aliphatic rings. The Morgan fingerprint density at radius 1 is 0.722 bits per heavy atom. The molecule has 0 saturated carbocycles. The van der Waals surface area contributed by atoms with Crippen molar-refractivity contribution in [3.63, 3.8) is 0 Å². The summed E-state index contributed by atoms with van der Waals surface area (Å²) in [4.78, 5) is 8.56. The van der Waals surface area contributed by atoms with Gasteiger partial charge in [0.15, 0.2) is 0 Å². The fourth-order valence-corrected chi connectivity index (χ4v) is 1.78. The molecule has 0 rings (SSSR count). The standard InChI is InChI=1S/C13H28O.CH2O3/c1-2-3-4-5-6-7-8-9-10-11-12-13-14;2-1(3)4/h14H,2-13H2,1H3;(H2,2,3,4). The van der Waals surface area contributed by atoms with E-state index in [1.807, 2.05) is 0 Å². The molecule has 0 atom stereocenters. The van der Waals surface area contributed by atoms with Gasteiger partial charge in [0.05, 0.1) is 0 Å². The van der Waals surface area contributed by atoms with Gasteiger partial charge in [-0.15, -0.1) is 0 Å². The number of hydrogen-bond donors (Lipinski definition) is 3. The van der Waals surface area contributed by atoms with Gasteiger partial charge in [-0.25, -0.2) is 4.79 Å². The van der Waals surface area contributed by atoms with Crippen LogP contribution in [0.1, 0.15) is 77.6 Å². The zero-order valence-electron chi connectivity index (χ0n) is 11.7. The number of carboxylic acid groups (broad SMARTS) is 2. The molecule has 0 aromatic heterocycles. The topological polar surface area (TPSA) is 77.8 Å². The Balaban J connectivity index is 0. The van der Waals surface area contributed by atoms with Crippen LogP contribution in [0.4, 0.5) is 4.79 Å². The molecule has 0 heterocycles. The first kappa shape index (κ1) is 19.6. The van der Waals surface area contributed by atoms with Gasteiger partial charge in [0.25, 0.3) is 0 Å². The van der Waals surface area contributed by atoms with Gasteiger partial charge in [0.1, 0.15) is 0 Å². The minimum atomic E-state index is -1.83. The zero-order valence-corrected chi connectivity index (χ0v) is 11.7. The van der Waals surface area contributed by atoms with Gasteiger partial charge in [0, 0.05) is 6.61 Å². The van der Waals surface area contributed by atoms with Crippen LogP contribution in [-0.2, 0) is 0 Å². The predicted octanol–water partition coefficient (Wildman–Crippen LogP) is 4.51. The lowest BCUT2D eigenvalue weighted by molar-refractivity contribution is 0.137. The average Bonchev–Trinajstić information content (AvgIpc) is 2.31. The monoisotopic (exact) mass is 262 g/mol. The summed E-state index contributed by atoms with van der Waals surface area (Å²) >= 11 is 0. The second-order valence-corrected chi connectivity index (χ2v) is 4.54. The third kappa shape index (κ3) is 29.5. The lowest BCUT2D eigenvalue weighted by Crippen LogP contribution is -1.84. The Hall–Kier alpha value is -0.770. The van der Waals surface area contributed by atoms with Gasteiger partial charge in [-0.05, 0) is 6.42 Å². The fraction of sp³-hybridized carbons (Fsp3) is 0.929. The van der Waals surface area contributed by atoms with Crippen LogP contribution in [0.2, 0.25) is 0 Å². The summed E-state index contributed by atoms with van der Waals surface area (Å²) in [5, 5.41) is 22.5. The van der Waals surface area contributed by atoms with Gasteiger partial charge in [-0.1, -0.05) is 71.1 Å². The quantitative estimate of drug-likeness (QED) is 0.479. The summed E-state index contributed by atoms with van der Waals surface area (Å²) in [6.07, 6.45) is 12.9. The molecule has 0 aromatic rings. The van der Waals surface area contributed by atoms with Gasteiger partial charge >= 0.3 is 6.16 Å². The van der Waals surface area contributed by atoms with Gasteiger partial charge in [-0.3, -0.25) is 0 Å². The van der Waals surface area contributed by atoms with Gasteiger partial charge in [0.2, 0.25) is 0 Å². The Morgan fingerprint density at radius 2 is 1.00 bits per heavy atom. The van der Waals surface area contributed by atoms with Gasteiger partial charge < -0.3 is 15.3 Å². The lowest BCUT2D eigenvalue weighted by atomic mass is 10.1. The molecular weight excluding hydrogens is 232 g/mol. The summed E-state index contributed by atoms with van der Waals surface area (Å²) in [6.45, 7) is 2.64. The highest BCUT2D eigenvalue weighted by Gasteiger charge is 1.91. The minimum Gasteiger partial charge on any atom is -0.450 e. The van der Waals surface area contributed by atoms with E-state index < -0.39 is 6.16 Å². The van der Waals surface area contributed by atoms with Crippen molar-refractivity contribution in [2.24, 2.45) is 0 Å². The molecule has 0 aromatic carbocycles. The normalized spacial score (nSPS) is 9.67. The molecule has 0 fully saturated rings. The molecule has 0 bridgehead atoms. The van der Waals surface area contributed by atoms with Gasteiger partial charge in [-0.2, -0.15) is 0 Å². The predicted molar refractivity (Wildman–Crippen MR) is 74.2 cm³/mol. The van der Waals surface area contributed by atoms with Crippen LogP contribution >= 0.6 is 0 Å². The third-order valence-corrected chi connectivity index (χ3v) is 2.76. The van der Waals surface area contributed by atoms with Crippen molar-refractivity contribution in [1.82, 2.24) is 0 Å². The summed E-state index contributed by atoms with van der Waals surface area (Å²) < 4.78 is 0. The van der Waals surface area contributed by atoms with Crippen LogP contribution in [0.25, 0.3) is 0 Å². The maximum absolute atomic E-state index is 8.59. The number of aliphatic hydroxyl groups excluding tert-OH is 1. The molecule has 3 N–H and O–H groups in total. The van der Waals surface area contributed by atoms with E-state index in [0.29, 0.717) is 6.61 Å². The van der Waals surface area contributed by atoms with Crippen molar-refractivity contribution in [3.8, 4) is 0 Å². The van der Waals surface area contributed by atoms with Crippen LogP contribution in [0.5, 0.6) is 0 Å². The smallest absolute Gasteiger partial charge is 0.450 e. The molecule has 0 aliphatic heterocycles. The largest absolute Gasteiger partial charge is 0.503 e. The maximum atomic E-state index is 8.59. The van der Waals surface area contributed by atoms with Crippen LogP contribution in [-0.4, -0.2) is 28.1 Å². The van der Waals surface area contributed by atoms with Crippen LogP contribution in [0.15, 0.2) is 0 Å². The second kappa shape index (κ2) is 18.6. The third-order valence-electron chi connectivity index (χ3n) is 2.76.